The van der Waals surface area contributed by atoms with Gasteiger partial charge < -0.3 is 9.42 Å². The Kier molecular flexibility index (Phi) is 5.42. The van der Waals surface area contributed by atoms with Crippen molar-refractivity contribution in [2.24, 2.45) is 0 Å². The van der Waals surface area contributed by atoms with Crippen molar-refractivity contribution in [2.75, 3.05) is 31.1 Å². The van der Waals surface area contributed by atoms with Crippen LogP contribution in [0.1, 0.15) is 11.5 Å². The summed E-state index contributed by atoms with van der Waals surface area (Å²) in [4.78, 5) is 9.05. The summed E-state index contributed by atoms with van der Waals surface area (Å²) in [6.07, 6.45) is 0. The maximum Gasteiger partial charge on any atom is 0.241 e. The Hall–Kier alpha value is -4.18. The molecule has 0 aliphatic carbocycles. The highest BCUT2D eigenvalue weighted by Gasteiger charge is 2.22. The number of aryl methyl sites for hydroxylation is 1. The van der Waals surface area contributed by atoms with Gasteiger partial charge in [-0.25, -0.2) is 4.39 Å². The average molecular weight is 471 g/mol. The summed E-state index contributed by atoms with van der Waals surface area (Å²) in [5, 5.41) is 17.2. The molecule has 35 heavy (non-hydrogen) atoms. The van der Waals surface area contributed by atoms with Gasteiger partial charge in [0.25, 0.3) is 0 Å². The molecule has 0 bridgehead atoms. The van der Waals surface area contributed by atoms with Gasteiger partial charge >= 0.3 is 0 Å². The summed E-state index contributed by atoms with van der Waals surface area (Å²) >= 11 is 0. The molecule has 1 aliphatic heterocycles. The Morgan fingerprint density at radius 1 is 0.914 bits per heavy atom. The number of fused-ring (bicyclic) bond motifs is 1. The van der Waals surface area contributed by atoms with Gasteiger partial charge in [-0.05, 0) is 31.2 Å². The first-order valence-corrected chi connectivity index (χ1v) is 11.5. The van der Waals surface area contributed by atoms with Crippen molar-refractivity contribution in [1.82, 2.24) is 34.9 Å². The Morgan fingerprint density at radius 3 is 2.51 bits per heavy atom. The molecule has 0 atom stereocenters. The third-order valence-electron chi connectivity index (χ3n) is 6.20. The fraction of sp³-hybridized carbons (Fsp3) is 0.240. The summed E-state index contributed by atoms with van der Waals surface area (Å²) in [7, 11) is 0. The second kappa shape index (κ2) is 8.88. The van der Waals surface area contributed by atoms with E-state index in [0.717, 1.165) is 37.6 Å². The molecule has 176 valence electrons. The van der Waals surface area contributed by atoms with Crippen LogP contribution in [0.2, 0.25) is 0 Å². The van der Waals surface area contributed by atoms with E-state index in [9.17, 15) is 4.39 Å². The van der Waals surface area contributed by atoms with E-state index in [1.54, 1.807) is 22.7 Å². The topological polar surface area (TPSA) is 88.5 Å². The Labute approximate surface area is 200 Å². The van der Waals surface area contributed by atoms with Gasteiger partial charge in [0.15, 0.2) is 11.5 Å². The summed E-state index contributed by atoms with van der Waals surface area (Å²) in [5.74, 6) is 2.05. The smallest absolute Gasteiger partial charge is 0.241 e. The fourth-order valence-electron chi connectivity index (χ4n) is 4.22. The summed E-state index contributed by atoms with van der Waals surface area (Å²) in [5.41, 5.74) is 3.09. The van der Waals surface area contributed by atoms with Crippen LogP contribution >= 0.6 is 0 Å². The van der Waals surface area contributed by atoms with Crippen molar-refractivity contribution in [3.8, 4) is 22.8 Å². The molecule has 10 heteroatoms. The Morgan fingerprint density at radius 2 is 1.71 bits per heavy atom. The van der Waals surface area contributed by atoms with Crippen molar-refractivity contribution >= 4 is 11.5 Å². The van der Waals surface area contributed by atoms with Crippen molar-refractivity contribution in [1.29, 1.82) is 0 Å². The first-order chi connectivity index (χ1) is 17.1. The number of rotatable bonds is 5. The number of halogens is 1. The van der Waals surface area contributed by atoms with Crippen LogP contribution in [0.25, 0.3) is 28.4 Å². The molecule has 0 spiro atoms. The SMILES string of the molecule is Cc1ccc(-c2noc(CN3CCN(c4ccc5nnc(-c6ccccc6F)n5n4)CC3)n2)cc1. The van der Waals surface area contributed by atoms with Crippen LogP contribution in [-0.4, -0.2) is 61.0 Å². The number of piperazine rings is 1. The standard InChI is InChI=1S/C25H23FN8O/c1-17-6-8-18(9-7-17)24-27-23(35-31-24)16-32-12-14-33(15-13-32)22-11-10-21-28-29-25(34(21)30-22)19-4-2-3-5-20(19)26/h2-11H,12-16H2,1H3. The number of aromatic nitrogens is 6. The lowest BCUT2D eigenvalue weighted by molar-refractivity contribution is 0.215. The first kappa shape index (κ1) is 21.4. The molecule has 1 saturated heterocycles. The Balaban J connectivity index is 1.14. The second-order valence-corrected chi connectivity index (χ2v) is 8.61. The monoisotopic (exact) mass is 470 g/mol. The number of benzene rings is 2. The van der Waals surface area contributed by atoms with E-state index in [1.807, 2.05) is 43.3 Å². The summed E-state index contributed by atoms with van der Waals surface area (Å²) in [6, 6.07) is 18.4. The molecule has 0 radical (unpaired) electrons. The molecule has 6 rings (SSSR count). The van der Waals surface area contributed by atoms with Crippen molar-refractivity contribution < 1.29 is 8.91 Å². The van der Waals surface area contributed by atoms with Gasteiger partial charge in [0.1, 0.15) is 11.6 Å². The van der Waals surface area contributed by atoms with Gasteiger partial charge in [0.05, 0.1) is 12.1 Å². The van der Waals surface area contributed by atoms with Gasteiger partial charge in [-0.1, -0.05) is 47.1 Å². The highest BCUT2D eigenvalue weighted by Crippen LogP contribution is 2.23. The van der Waals surface area contributed by atoms with Crippen LogP contribution in [0.3, 0.4) is 0 Å². The van der Waals surface area contributed by atoms with E-state index in [2.05, 4.69) is 30.1 Å². The minimum absolute atomic E-state index is 0.353. The lowest BCUT2D eigenvalue weighted by atomic mass is 10.1. The van der Waals surface area contributed by atoms with Gasteiger partial charge in [-0.3, -0.25) is 4.90 Å². The zero-order valence-corrected chi connectivity index (χ0v) is 19.2. The molecule has 0 N–H and O–H groups in total. The maximum absolute atomic E-state index is 14.3. The second-order valence-electron chi connectivity index (χ2n) is 8.61. The lowest BCUT2D eigenvalue weighted by Crippen LogP contribution is -2.46. The molecular weight excluding hydrogens is 447 g/mol. The van der Waals surface area contributed by atoms with E-state index in [4.69, 9.17) is 9.62 Å². The minimum Gasteiger partial charge on any atom is -0.353 e. The normalized spacial score (nSPS) is 14.6. The molecule has 3 aromatic heterocycles. The van der Waals surface area contributed by atoms with E-state index in [-0.39, 0.29) is 5.82 Å². The van der Waals surface area contributed by atoms with Gasteiger partial charge in [0.2, 0.25) is 11.7 Å². The third-order valence-corrected chi connectivity index (χ3v) is 6.20. The largest absolute Gasteiger partial charge is 0.353 e. The van der Waals surface area contributed by atoms with Crippen LogP contribution in [-0.2, 0) is 6.54 Å². The number of hydrogen-bond acceptors (Lipinski definition) is 8. The van der Waals surface area contributed by atoms with Crippen molar-refractivity contribution in [3.63, 3.8) is 0 Å². The maximum atomic E-state index is 14.3. The van der Waals surface area contributed by atoms with Crippen LogP contribution in [0.15, 0.2) is 65.2 Å². The fourth-order valence-corrected chi connectivity index (χ4v) is 4.22. The summed E-state index contributed by atoms with van der Waals surface area (Å²) in [6.45, 7) is 5.87. The highest BCUT2D eigenvalue weighted by atomic mass is 19.1. The molecule has 0 unspecified atom stereocenters. The molecule has 5 aromatic rings. The molecule has 0 amide bonds. The zero-order chi connectivity index (χ0) is 23.8. The predicted molar refractivity (Wildman–Crippen MR) is 128 cm³/mol. The molecule has 2 aromatic carbocycles. The van der Waals surface area contributed by atoms with Gasteiger partial charge in [-0.2, -0.15) is 9.50 Å². The first-order valence-electron chi connectivity index (χ1n) is 11.5. The minimum atomic E-state index is -0.353. The van der Waals surface area contributed by atoms with E-state index in [1.165, 1.54) is 11.6 Å². The Bertz CT molecular complexity index is 1470. The highest BCUT2D eigenvalue weighted by molar-refractivity contribution is 5.60. The van der Waals surface area contributed by atoms with Crippen LogP contribution in [0, 0.1) is 12.7 Å². The molecule has 0 saturated carbocycles. The number of hydrogen-bond donors (Lipinski definition) is 0. The van der Waals surface area contributed by atoms with E-state index < -0.39 is 0 Å². The summed E-state index contributed by atoms with van der Waals surface area (Å²) < 4.78 is 21.4. The number of nitrogens with zero attached hydrogens (tertiary/aromatic N) is 8. The molecule has 4 heterocycles. The lowest BCUT2D eigenvalue weighted by Gasteiger charge is -2.34. The van der Waals surface area contributed by atoms with Gasteiger partial charge in [0, 0.05) is 31.7 Å². The van der Waals surface area contributed by atoms with Crippen molar-refractivity contribution in [2.45, 2.75) is 13.5 Å². The van der Waals surface area contributed by atoms with Crippen molar-refractivity contribution in [3.05, 3.63) is 77.9 Å². The predicted octanol–water partition coefficient (Wildman–Crippen LogP) is 3.61. The zero-order valence-electron chi connectivity index (χ0n) is 19.2. The molecule has 1 aliphatic rings. The quantitative estimate of drug-likeness (QED) is 0.385. The third kappa shape index (κ3) is 4.24. The van der Waals surface area contributed by atoms with Gasteiger partial charge in [-0.15, -0.1) is 15.3 Å². The van der Waals surface area contributed by atoms with Crippen LogP contribution < -0.4 is 4.90 Å². The molecule has 1 fully saturated rings. The van der Waals surface area contributed by atoms with E-state index in [0.29, 0.717) is 35.3 Å². The van der Waals surface area contributed by atoms with Crippen LogP contribution in [0.4, 0.5) is 10.2 Å². The molecular formula is C25H23FN8O. The average Bonchev–Trinajstić information content (AvgIpc) is 3.52. The number of anilines is 1. The van der Waals surface area contributed by atoms with Crippen LogP contribution in [0.5, 0.6) is 0 Å². The van der Waals surface area contributed by atoms with E-state index >= 15 is 0 Å². The molecule has 9 nitrogen and oxygen atoms in total.